The van der Waals surface area contributed by atoms with Gasteiger partial charge in [-0.15, -0.1) is 0 Å². The number of halogens is 1. The highest BCUT2D eigenvalue weighted by Crippen LogP contribution is 2.20. The van der Waals surface area contributed by atoms with Gasteiger partial charge in [0, 0.05) is 16.5 Å². The van der Waals surface area contributed by atoms with Crippen LogP contribution in [-0.2, 0) is 6.42 Å². The molecule has 0 bridgehead atoms. The first-order valence-corrected chi connectivity index (χ1v) is 5.74. The summed E-state index contributed by atoms with van der Waals surface area (Å²) in [6.45, 7) is 1.99. The van der Waals surface area contributed by atoms with Gasteiger partial charge in [0.2, 0.25) is 5.95 Å². The lowest BCUT2D eigenvalue weighted by Gasteiger charge is -2.03. The van der Waals surface area contributed by atoms with Gasteiger partial charge in [-0.25, -0.2) is 4.98 Å². The fourth-order valence-corrected chi connectivity index (χ4v) is 1.75. The summed E-state index contributed by atoms with van der Waals surface area (Å²) < 4.78 is 0.988. The van der Waals surface area contributed by atoms with Crippen LogP contribution >= 0.6 is 15.9 Å². The number of aromatic nitrogens is 3. The summed E-state index contributed by atoms with van der Waals surface area (Å²) in [5.74, 6) is 1.59. The second kappa shape index (κ2) is 4.57. The van der Waals surface area contributed by atoms with Gasteiger partial charge < -0.3 is 5.73 Å². The molecule has 0 aliphatic rings. The second-order valence-electron chi connectivity index (χ2n) is 3.30. The predicted molar refractivity (Wildman–Crippen MR) is 66.8 cm³/mol. The summed E-state index contributed by atoms with van der Waals surface area (Å²) in [5, 5.41) is 0. The summed E-state index contributed by atoms with van der Waals surface area (Å²) >= 11 is 3.41. The number of hydrogen-bond acceptors (Lipinski definition) is 4. The van der Waals surface area contributed by atoms with Crippen molar-refractivity contribution in [2.24, 2.45) is 0 Å². The molecule has 0 unspecified atom stereocenters. The van der Waals surface area contributed by atoms with E-state index in [-0.39, 0.29) is 5.95 Å². The van der Waals surface area contributed by atoms with Crippen LogP contribution in [0.25, 0.3) is 11.4 Å². The average molecular weight is 279 g/mol. The largest absolute Gasteiger partial charge is 0.368 e. The van der Waals surface area contributed by atoms with Crippen molar-refractivity contribution >= 4 is 21.9 Å². The molecule has 0 fully saturated rings. The molecular weight excluding hydrogens is 268 g/mol. The normalized spacial score (nSPS) is 10.4. The molecule has 0 spiro atoms. The van der Waals surface area contributed by atoms with Crippen molar-refractivity contribution in [2.45, 2.75) is 13.3 Å². The molecule has 1 aromatic heterocycles. The second-order valence-corrected chi connectivity index (χ2v) is 4.21. The monoisotopic (exact) mass is 278 g/mol. The Morgan fingerprint density at radius 2 is 2.06 bits per heavy atom. The van der Waals surface area contributed by atoms with E-state index in [0.717, 1.165) is 16.5 Å². The molecule has 1 aromatic carbocycles. The summed E-state index contributed by atoms with van der Waals surface area (Å²) in [5.41, 5.74) is 6.57. The molecule has 0 aliphatic carbocycles. The van der Waals surface area contributed by atoms with Crippen molar-refractivity contribution < 1.29 is 0 Å². The van der Waals surface area contributed by atoms with Crippen molar-refractivity contribution in [2.75, 3.05) is 5.73 Å². The first-order valence-electron chi connectivity index (χ1n) is 4.95. The highest BCUT2D eigenvalue weighted by Gasteiger charge is 2.05. The summed E-state index contributed by atoms with van der Waals surface area (Å²) in [4.78, 5) is 12.5. The van der Waals surface area contributed by atoms with Crippen LogP contribution in [0.1, 0.15) is 12.7 Å². The van der Waals surface area contributed by atoms with Gasteiger partial charge >= 0.3 is 0 Å². The van der Waals surface area contributed by atoms with Crippen molar-refractivity contribution in [3.8, 4) is 11.4 Å². The van der Waals surface area contributed by atoms with E-state index < -0.39 is 0 Å². The Kier molecular flexibility index (Phi) is 3.14. The van der Waals surface area contributed by atoms with Gasteiger partial charge in [-0.05, 0) is 12.1 Å². The predicted octanol–water partition coefficient (Wildman–Crippen LogP) is 2.45. The van der Waals surface area contributed by atoms with Crippen LogP contribution in [-0.4, -0.2) is 15.0 Å². The third-order valence-electron chi connectivity index (χ3n) is 2.10. The van der Waals surface area contributed by atoms with Gasteiger partial charge in [0.05, 0.1) is 0 Å². The molecule has 0 radical (unpaired) electrons. The third-order valence-corrected chi connectivity index (χ3v) is 2.59. The zero-order valence-electron chi connectivity index (χ0n) is 8.81. The Morgan fingerprint density at radius 3 is 2.75 bits per heavy atom. The number of anilines is 1. The maximum absolute atomic E-state index is 5.64. The molecule has 0 atom stereocenters. The number of nitrogens with zero attached hydrogens (tertiary/aromatic N) is 3. The summed E-state index contributed by atoms with van der Waals surface area (Å²) in [6.07, 6.45) is 0.744. The number of nitrogens with two attached hydrogens (primary N) is 1. The van der Waals surface area contributed by atoms with Gasteiger partial charge in [-0.2, -0.15) is 9.97 Å². The third kappa shape index (κ3) is 2.36. The quantitative estimate of drug-likeness (QED) is 0.917. The zero-order valence-corrected chi connectivity index (χ0v) is 10.4. The molecular formula is C11H11BrN4. The lowest BCUT2D eigenvalue weighted by atomic mass is 10.2. The van der Waals surface area contributed by atoms with Crippen LogP contribution in [0.5, 0.6) is 0 Å². The fourth-order valence-electron chi connectivity index (χ4n) is 1.35. The van der Waals surface area contributed by atoms with Gasteiger partial charge in [-0.1, -0.05) is 35.0 Å². The summed E-state index contributed by atoms with van der Waals surface area (Å²) in [7, 11) is 0. The van der Waals surface area contributed by atoms with Crippen molar-refractivity contribution in [3.63, 3.8) is 0 Å². The van der Waals surface area contributed by atoms with Crippen molar-refractivity contribution in [3.05, 3.63) is 34.6 Å². The van der Waals surface area contributed by atoms with E-state index in [4.69, 9.17) is 5.73 Å². The van der Waals surface area contributed by atoms with Gasteiger partial charge in [0.15, 0.2) is 5.82 Å². The molecule has 2 rings (SSSR count). The molecule has 1 heterocycles. The number of rotatable bonds is 2. The van der Waals surface area contributed by atoms with E-state index in [1.807, 2.05) is 31.2 Å². The molecule has 82 valence electrons. The summed E-state index contributed by atoms with van der Waals surface area (Å²) in [6, 6.07) is 7.78. The smallest absolute Gasteiger partial charge is 0.223 e. The van der Waals surface area contributed by atoms with Crippen LogP contribution in [0.3, 0.4) is 0 Å². The molecule has 2 aromatic rings. The van der Waals surface area contributed by atoms with E-state index in [9.17, 15) is 0 Å². The van der Waals surface area contributed by atoms with E-state index in [0.29, 0.717) is 11.6 Å². The molecule has 0 amide bonds. The number of nitrogen functional groups attached to an aromatic ring is 1. The van der Waals surface area contributed by atoms with Crippen molar-refractivity contribution in [1.82, 2.24) is 15.0 Å². The topological polar surface area (TPSA) is 64.7 Å². The molecule has 2 N–H and O–H groups in total. The standard InChI is InChI=1S/C11H11BrN4/c1-2-9-14-10(16-11(13)15-9)7-4-3-5-8(12)6-7/h3-6H,2H2,1H3,(H2,13,14,15,16). The molecule has 5 heteroatoms. The maximum atomic E-state index is 5.64. The van der Waals surface area contributed by atoms with Crippen LogP contribution in [0.2, 0.25) is 0 Å². The first kappa shape index (κ1) is 11.0. The van der Waals surface area contributed by atoms with Crippen molar-refractivity contribution in [1.29, 1.82) is 0 Å². The Hall–Kier alpha value is -1.49. The highest BCUT2D eigenvalue weighted by atomic mass is 79.9. The van der Waals surface area contributed by atoms with Crippen LogP contribution in [0, 0.1) is 0 Å². The first-order chi connectivity index (χ1) is 7.69. The van der Waals surface area contributed by atoms with Crippen LogP contribution in [0.4, 0.5) is 5.95 Å². The Labute approximate surface area is 102 Å². The molecule has 0 saturated heterocycles. The maximum Gasteiger partial charge on any atom is 0.223 e. The average Bonchev–Trinajstić information content (AvgIpc) is 2.28. The van der Waals surface area contributed by atoms with E-state index in [1.165, 1.54) is 0 Å². The Morgan fingerprint density at radius 1 is 1.25 bits per heavy atom. The molecule has 0 aliphatic heterocycles. The Balaban J connectivity index is 2.51. The SMILES string of the molecule is CCc1nc(N)nc(-c2cccc(Br)c2)n1. The minimum Gasteiger partial charge on any atom is -0.368 e. The lowest BCUT2D eigenvalue weighted by molar-refractivity contribution is 0.913. The minimum absolute atomic E-state index is 0.266. The van der Waals surface area contributed by atoms with E-state index in [2.05, 4.69) is 30.9 Å². The van der Waals surface area contributed by atoms with Crippen LogP contribution in [0.15, 0.2) is 28.7 Å². The van der Waals surface area contributed by atoms with E-state index in [1.54, 1.807) is 0 Å². The zero-order chi connectivity index (χ0) is 11.5. The minimum atomic E-state index is 0.266. The van der Waals surface area contributed by atoms with Crippen LogP contribution < -0.4 is 5.73 Å². The lowest BCUT2D eigenvalue weighted by Crippen LogP contribution is -2.04. The van der Waals surface area contributed by atoms with Gasteiger partial charge in [-0.3, -0.25) is 0 Å². The van der Waals surface area contributed by atoms with Gasteiger partial charge in [0.25, 0.3) is 0 Å². The molecule has 4 nitrogen and oxygen atoms in total. The molecule has 16 heavy (non-hydrogen) atoms. The Bertz CT molecular complexity index is 513. The fraction of sp³-hybridized carbons (Fsp3) is 0.182. The number of benzene rings is 1. The van der Waals surface area contributed by atoms with E-state index >= 15 is 0 Å². The van der Waals surface area contributed by atoms with Gasteiger partial charge in [0.1, 0.15) is 5.82 Å². The number of hydrogen-bond donors (Lipinski definition) is 1. The number of aryl methyl sites for hydroxylation is 1. The molecule has 0 saturated carbocycles. The highest BCUT2D eigenvalue weighted by molar-refractivity contribution is 9.10.